The highest BCUT2D eigenvalue weighted by molar-refractivity contribution is 4.82. The lowest BCUT2D eigenvalue weighted by Gasteiger charge is -2.34. The number of piperidine rings is 1. The van der Waals surface area contributed by atoms with Gasteiger partial charge in [0, 0.05) is 11.6 Å². The SMILES string of the molecule is CCC(C)(CO)NCCC1CCCCN1C. The average molecular weight is 228 g/mol. The fraction of sp³-hybridized carbons (Fsp3) is 1.00. The Balaban J connectivity index is 2.23. The molecule has 16 heavy (non-hydrogen) atoms. The minimum atomic E-state index is -0.0900. The van der Waals surface area contributed by atoms with Gasteiger partial charge in [0.05, 0.1) is 6.61 Å². The molecular formula is C13H28N2O. The number of hydrogen-bond donors (Lipinski definition) is 2. The van der Waals surface area contributed by atoms with Gasteiger partial charge in [0.1, 0.15) is 0 Å². The van der Waals surface area contributed by atoms with E-state index in [0.29, 0.717) is 0 Å². The Morgan fingerprint density at radius 1 is 1.44 bits per heavy atom. The molecule has 0 aromatic heterocycles. The monoisotopic (exact) mass is 228 g/mol. The van der Waals surface area contributed by atoms with E-state index in [9.17, 15) is 5.11 Å². The minimum Gasteiger partial charge on any atom is -0.394 e. The zero-order valence-electron chi connectivity index (χ0n) is 11.1. The Bertz CT molecular complexity index is 192. The van der Waals surface area contributed by atoms with E-state index in [1.54, 1.807) is 0 Å². The third kappa shape index (κ3) is 4.04. The van der Waals surface area contributed by atoms with Crippen molar-refractivity contribution in [2.24, 2.45) is 0 Å². The van der Waals surface area contributed by atoms with Crippen molar-refractivity contribution in [2.45, 2.75) is 57.5 Å². The predicted molar refractivity (Wildman–Crippen MR) is 68.7 cm³/mol. The highest BCUT2D eigenvalue weighted by atomic mass is 16.3. The molecule has 3 heteroatoms. The molecule has 2 unspecified atom stereocenters. The molecule has 0 aliphatic carbocycles. The van der Waals surface area contributed by atoms with Gasteiger partial charge in [-0.25, -0.2) is 0 Å². The molecule has 0 bridgehead atoms. The number of nitrogens with one attached hydrogen (secondary N) is 1. The molecule has 0 spiro atoms. The quantitative estimate of drug-likeness (QED) is 0.725. The van der Waals surface area contributed by atoms with E-state index in [-0.39, 0.29) is 12.1 Å². The van der Waals surface area contributed by atoms with E-state index in [2.05, 4.69) is 31.1 Å². The second-order valence-electron chi connectivity index (χ2n) is 5.42. The molecular weight excluding hydrogens is 200 g/mol. The van der Waals surface area contributed by atoms with Gasteiger partial charge >= 0.3 is 0 Å². The fourth-order valence-electron chi connectivity index (χ4n) is 2.34. The van der Waals surface area contributed by atoms with Crippen LogP contribution in [0.5, 0.6) is 0 Å². The summed E-state index contributed by atoms with van der Waals surface area (Å²) in [6.45, 7) is 6.70. The maximum absolute atomic E-state index is 9.30. The summed E-state index contributed by atoms with van der Waals surface area (Å²) < 4.78 is 0. The smallest absolute Gasteiger partial charge is 0.0610 e. The molecule has 1 aliphatic rings. The molecule has 0 aromatic carbocycles. The van der Waals surface area contributed by atoms with Gasteiger partial charge in [0.2, 0.25) is 0 Å². The molecule has 1 aliphatic heterocycles. The molecule has 2 N–H and O–H groups in total. The molecule has 96 valence electrons. The second kappa shape index (κ2) is 6.58. The molecule has 1 saturated heterocycles. The van der Waals surface area contributed by atoms with Crippen LogP contribution in [0.3, 0.4) is 0 Å². The largest absolute Gasteiger partial charge is 0.394 e. The van der Waals surface area contributed by atoms with Crippen LogP contribution in [0.2, 0.25) is 0 Å². The summed E-state index contributed by atoms with van der Waals surface area (Å²) in [4.78, 5) is 2.48. The van der Waals surface area contributed by atoms with Crippen LogP contribution in [0, 0.1) is 0 Å². The summed E-state index contributed by atoms with van der Waals surface area (Å²) >= 11 is 0. The molecule has 2 atom stereocenters. The van der Waals surface area contributed by atoms with Crippen molar-refractivity contribution < 1.29 is 5.11 Å². The van der Waals surface area contributed by atoms with Crippen LogP contribution in [0.25, 0.3) is 0 Å². The van der Waals surface area contributed by atoms with Crippen LogP contribution < -0.4 is 5.32 Å². The van der Waals surface area contributed by atoms with Crippen LogP contribution in [0.1, 0.15) is 46.0 Å². The zero-order valence-corrected chi connectivity index (χ0v) is 11.1. The Morgan fingerprint density at radius 2 is 2.19 bits per heavy atom. The lowest BCUT2D eigenvalue weighted by molar-refractivity contribution is 0.149. The van der Waals surface area contributed by atoms with Gasteiger partial charge in [0.15, 0.2) is 0 Å². The summed E-state index contributed by atoms with van der Waals surface area (Å²) in [5.41, 5.74) is -0.0900. The summed E-state index contributed by atoms with van der Waals surface area (Å²) in [7, 11) is 2.23. The molecule has 1 fully saturated rings. The Labute approximate surface area is 100 Å². The van der Waals surface area contributed by atoms with Gasteiger partial charge < -0.3 is 15.3 Å². The van der Waals surface area contributed by atoms with Gasteiger partial charge in [-0.1, -0.05) is 13.3 Å². The molecule has 0 radical (unpaired) electrons. The van der Waals surface area contributed by atoms with E-state index in [4.69, 9.17) is 0 Å². The number of likely N-dealkylation sites (tertiary alicyclic amines) is 1. The summed E-state index contributed by atoms with van der Waals surface area (Å²) in [5, 5.41) is 12.8. The van der Waals surface area contributed by atoms with Gasteiger partial charge in [-0.15, -0.1) is 0 Å². The van der Waals surface area contributed by atoms with Gasteiger partial charge in [-0.2, -0.15) is 0 Å². The van der Waals surface area contributed by atoms with Gasteiger partial charge in [-0.3, -0.25) is 0 Å². The van der Waals surface area contributed by atoms with E-state index >= 15 is 0 Å². The third-order valence-corrected chi connectivity index (χ3v) is 4.08. The summed E-state index contributed by atoms with van der Waals surface area (Å²) in [6.07, 6.45) is 6.24. The lowest BCUT2D eigenvalue weighted by Crippen LogP contribution is -2.47. The van der Waals surface area contributed by atoms with Crippen molar-refractivity contribution in [3.63, 3.8) is 0 Å². The van der Waals surface area contributed by atoms with E-state index in [1.807, 2.05) is 0 Å². The molecule has 0 amide bonds. The predicted octanol–water partition coefficient (Wildman–Crippen LogP) is 1.61. The lowest BCUT2D eigenvalue weighted by atomic mass is 9.97. The van der Waals surface area contributed by atoms with Gasteiger partial charge in [-0.05, 0) is 52.7 Å². The molecule has 3 nitrogen and oxygen atoms in total. The normalized spacial score (nSPS) is 26.6. The van der Waals surface area contributed by atoms with Crippen molar-refractivity contribution in [2.75, 3.05) is 26.7 Å². The van der Waals surface area contributed by atoms with Crippen molar-refractivity contribution in [1.82, 2.24) is 10.2 Å². The Morgan fingerprint density at radius 3 is 2.75 bits per heavy atom. The average Bonchev–Trinajstić information content (AvgIpc) is 2.31. The third-order valence-electron chi connectivity index (χ3n) is 4.08. The summed E-state index contributed by atoms with van der Waals surface area (Å²) in [6, 6.07) is 0.737. The van der Waals surface area contributed by atoms with E-state index in [0.717, 1.165) is 19.0 Å². The van der Waals surface area contributed by atoms with Crippen molar-refractivity contribution in [3.8, 4) is 0 Å². The zero-order chi connectivity index (χ0) is 12.0. The number of rotatable bonds is 6. The molecule has 1 heterocycles. The number of hydrogen-bond acceptors (Lipinski definition) is 3. The molecule has 1 rings (SSSR count). The maximum atomic E-state index is 9.30. The first-order chi connectivity index (χ1) is 7.61. The van der Waals surface area contributed by atoms with Crippen LogP contribution in [0.4, 0.5) is 0 Å². The second-order valence-corrected chi connectivity index (χ2v) is 5.42. The fourth-order valence-corrected chi connectivity index (χ4v) is 2.34. The first kappa shape index (κ1) is 13.9. The highest BCUT2D eigenvalue weighted by Gasteiger charge is 2.22. The van der Waals surface area contributed by atoms with Gasteiger partial charge in [0.25, 0.3) is 0 Å². The Kier molecular flexibility index (Phi) is 5.73. The van der Waals surface area contributed by atoms with Crippen molar-refractivity contribution >= 4 is 0 Å². The first-order valence-corrected chi connectivity index (χ1v) is 6.67. The van der Waals surface area contributed by atoms with Crippen LogP contribution in [-0.4, -0.2) is 48.3 Å². The van der Waals surface area contributed by atoms with Crippen molar-refractivity contribution in [1.29, 1.82) is 0 Å². The summed E-state index contributed by atoms with van der Waals surface area (Å²) in [5.74, 6) is 0. The molecule has 0 saturated carbocycles. The van der Waals surface area contributed by atoms with Crippen LogP contribution >= 0.6 is 0 Å². The minimum absolute atomic E-state index is 0.0900. The maximum Gasteiger partial charge on any atom is 0.0610 e. The Hall–Kier alpha value is -0.120. The van der Waals surface area contributed by atoms with E-state index in [1.165, 1.54) is 32.2 Å². The number of nitrogens with zero attached hydrogens (tertiary/aromatic N) is 1. The number of aliphatic hydroxyl groups is 1. The molecule has 0 aromatic rings. The standard InChI is InChI=1S/C13H28N2O/c1-4-13(2,11-16)14-9-8-12-7-5-6-10-15(12)3/h12,14,16H,4-11H2,1-3H3. The van der Waals surface area contributed by atoms with Crippen molar-refractivity contribution in [3.05, 3.63) is 0 Å². The van der Waals surface area contributed by atoms with Crippen LogP contribution in [-0.2, 0) is 0 Å². The topological polar surface area (TPSA) is 35.5 Å². The van der Waals surface area contributed by atoms with Crippen LogP contribution in [0.15, 0.2) is 0 Å². The first-order valence-electron chi connectivity index (χ1n) is 6.67. The number of aliphatic hydroxyl groups excluding tert-OH is 1. The highest BCUT2D eigenvalue weighted by Crippen LogP contribution is 2.17. The van der Waals surface area contributed by atoms with E-state index < -0.39 is 0 Å².